The summed E-state index contributed by atoms with van der Waals surface area (Å²) < 4.78 is 25.0. The van der Waals surface area contributed by atoms with E-state index in [1.807, 2.05) is 0 Å². The number of rotatable bonds is 4. The zero-order valence-electron chi connectivity index (χ0n) is 12.5. The minimum atomic E-state index is -4.06. The Hall–Kier alpha value is -3.18. The molecule has 0 bridgehead atoms. The van der Waals surface area contributed by atoms with Crippen molar-refractivity contribution in [2.75, 3.05) is 0 Å². The standard InChI is InChI=1S/C16H12N2O5S/c1-11-2-5-13(6-3-11)24(22,23)14(10-17)8-12-4-7-16(19)15(9-12)18(20)21/h2-9,19H,1H3/p-1/b14-8+. The molecule has 2 rings (SSSR count). The Morgan fingerprint density at radius 3 is 2.38 bits per heavy atom. The largest absolute Gasteiger partial charge is 0.868 e. The van der Waals surface area contributed by atoms with E-state index in [0.29, 0.717) is 0 Å². The minimum Gasteiger partial charge on any atom is -0.868 e. The highest BCUT2D eigenvalue weighted by atomic mass is 32.2. The topological polar surface area (TPSA) is 124 Å². The van der Waals surface area contributed by atoms with Crippen molar-refractivity contribution in [1.82, 2.24) is 0 Å². The summed E-state index contributed by atoms with van der Waals surface area (Å²) >= 11 is 0. The molecule has 0 radical (unpaired) electrons. The maximum Gasteiger partial charge on any atom is 0.262 e. The highest BCUT2D eigenvalue weighted by molar-refractivity contribution is 7.95. The van der Waals surface area contributed by atoms with Crippen LogP contribution in [0.3, 0.4) is 0 Å². The van der Waals surface area contributed by atoms with Crippen molar-refractivity contribution < 1.29 is 18.4 Å². The number of sulfone groups is 1. The number of nitro benzene ring substituents is 1. The molecule has 122 valence electrons. The second-order valence-corrected chi connectivity index (χ2v) is 6.84. The second kappa shape index (κ2) is 6.52. The molecule has 0 aromatic heterocycles. The third-order valence-electron chi connectivity index (χ3n) is 3.21. The average Bonchev–Trinajstić information content (AvgIpc) is 2.54. The van der Waals surface area contributed by atoms with Gasteiger partial charge in [0.1, 0.15) is 11.0 Å². The van der Waals surface area contributed by atoms with Gasteiger partial charge in [-0.3, -0.25) is 10.1 Å². The van der Waals surface area contributed by atoms with Gasteiger partial charge < -0.3 is 5.11 Å². The fraction of sp³-hybridized carbons (Fsp3) is 0.0625. The molecule has 2 aromatic carbocycles. The summed E-state index contributed by atoms with van der Waals surface area (Å²) in [4.78, 5) is 9.29. The lowest BCUT2D eigenvalue weighted by Crippen LogP contribution is -2.04. The van der Waals surface area contributed by atoms with E-state index in [1.165, 1.54) is 18.2 Å². The van der Waals surface area contributed by atoms with E-state index in [2.05, 4.69) is 0 Å². The lowest BCUT2D eigenvalue weighted by molar-refractivity contribution is -0.398. The van der Waals surface area contributed by atoms with Gasteiger partial charge in [0.05, 0.1) is 9.82 Å². The Bertz CT molecular complexity index is 971. The van der Waals surface area contributed by atoms with Crippen LogP contribution in [0.4, 0.5) is 5.69 Å². The third kappa shape index (κ3) is 3.42. The van der Waals surface area contributed by atoms with E-state index < -0.39 is 31.1 Å². The van der Waals surface area contributed by atoms with Crippen molar-refractivity contribution in [2.45, 2.75) is 11.8 Å². The molecule has 0 amide bonds. The molecule has 0 aliphatic rings. The molecule has 0 N–H and O–H groups in total. The molecule has 0 heterocycles. The lowest BCUT2D eigenvalue weighted by atomic mass is 10.2. The van der Waals surface area contributed by atoms with E-state index in [1.54, 1.807) is 25.1 Å². The van der Waals surface area contributed by atoms with E-state index in [9.17, 15) is 28.9 Å². The predicted molar refractivity (Wildman–Crippen MR) is 84.5 cm³/mol. The fourth-order valence-electron chi connectivity index (χ4n) is 1.93. The Kier molecular flexibility index (Phi) is 4.66. The fourth-order valence-corrected chi connectivity index (χ4v) is 3.09. The summed E-state index contributed by atoms with van der Waals surface area (Å²) in [7, 11) is -4.06. The summed E-state index contributed by atoms with van der Waals surface area (Å²) in [5.74, 6) is -0.794. The third-order valence-corrected chi connectivity index (χ3v) is 4.89. The monoisotopic (exact) mass is 343 g/mol. The van der Waals surface area contributed by atoms with Crippen LogP contribution in [0.15, 0.2) is 52.3 Å². The Morgan fingerprint density at radius 1 is 1.21 bits per heavy atom. The van der Waals surface area contributed by atoms with Crippen LogP contribution < -0.4 is 5.11 Å². The molecule has 0 saturated heterocycles. The van der Waals surface area contributed by atoms with E-state index in [0.717, 1.165) is 23.8 Å². The minimum absolute atomic E-state index is 0.0594. The van der Waals surface area contributed by atoms with E-state index in [4.69, 9.17) is 0 Å². The first-order chi connectivity index (χ1) is 11.3. The van der Waals surface area contributed by atoms with Crippen molar-refractivity contribution in [1.29, 1.82) is 5.26 Å². The zero-order chi connectivity index (χ0) is 17.9. The van der Waals surface area contributed by atoms with Gasteiger partial charge >= 0.3 is 0 Å². The van der Waals surface area contributed by atoms with Crippen LogP contribution in [-0.2, 0) is 9.84 Å². The molecular weight excluding hydrogens is 332 g/mol. The van der Waals surface area contributed by atoms with Gasteiger partial charge in [0.15, 0.2) is 0 Å². The smallest absolute Gasteiger partial charge is 0.262 e. The SMILES string of the molecule is Cc1ccc(S(=O)(=O)/C(C#N)=C/c2ccc([O-])c([N+](=O)[O-])c2)cc1. The first kappa shape index (κ1) is 17.2. The average molecular weight is 343 g/mol. The van der Waals surface area contributed by atoms with Gasteiger partial charge in [-0.15, -0.1) is 0 Å². The number of nitro groups is 1. The number of nitriles is 1. The highest BCUT2D eigenvalue weighted by Crippen LogP contribution is 2.27. The molecule has 2 aromatic rings. The zero-order valence-corrected chi connectivity index (χ0v) is 13.3. The summed E-state index contributed by atoms with van der Waals surface area (Å²) in [6.45, 7) is 1.79. The van der Waals surface area contributed by atoms with Crippen molar-refractivity contribution >= 4 is 21.6 Å². The highest BCUT2D eigenvalue weighted by Gasteiger charge is 2.21. The lowest BCUT2D eigenvalue weighted by Gasteiger charge is -2.07. The first-order valence-electron chi connectivity index (χ1n) is 6.64. The van der Waals surface area contributed by atoms with Crippen LogP contribution >= 0.6 is 0 Å². The Balaban J connectivity index is 2.54. The molecule has 0 unspecified atom stereocenters. The summed E-state index contributed by atoms with van der Waals surface area (Å²) in [6, 6.07) is 10.6. The second-order valence-electron chi connectivity index (χ2n) is 4.92. The summed E-state index contributed by atoms with van der Waals surface area (Å²) in [5, 5.41) is 31.3. The van der Waals surface area contributed by atoms with Gasteiger partial charge in [0, 0.05) is 6.07 Å². The van der Waals surface area contributed by atoms with Crippen LogP contribution in [0, 0.1) is 28.4 Å². The van der Waals surface area contributed by atoms with Crippen molar-refractivity contribution in [3.63, 3.8) is 0 Å². The van der Waals surface area contributed by atoms with Gasteiger partial charge in [-0.05, 0) is 36.4 Å². The Morgan fingerprint density at radius 2 is 1.83 bits per heavy atom. The van der Waals surface area contributed by atoms with E-state index in [-0.39, 0.29) is 10.5 Å². The van der Waals surface area contributed by atoms with Gasteiger partial charge in [0.25, 0.3) is 5.69 Å². The quantitative estimate of drug-likeness (QED) is 0.476. The van der Waals surface area contributed by atoms with Crippen molar-refractivity contribution in [3.8, 4) is 11.8 Å². The van der Waals surface area contributed by atoms with Gasteiger partial charge in [-0.1, -0.05) is 29.8 Å². The van der Waals surface area contributed by atoms with Gasteiger partial charge in [-0.25, -0.2) is 8.42 Å². The van der Waals surface area contributed by atoms with Crippen LogP contribution in [0.1, 0.15) is 11.1 Å². The van der Waals surface area contributed by atoms with Crippen LogP contribution in [0.5, 0.6) is 5.75 Å². The number of aryl methyl sites for hydroxylation is 1. The normalized spacial score (nSPS) is 11.8. The molecule has 0 aliphatic carbocycles. The van der Waals surface area contributed by atoms with Crippen molar-refractivity contribution in [3.05, 3.63) is 68.6 Å². The van der Waals surface area contributed by atoms with Crippen LogP contribution in [0.25, 0.3) is 6.08 Å². The molecule has 0 atom stereocenters. The number of benzene rings is 2. The summed E-state index contributed by atoms with van der Waals surface area (Å²) in [6.07, 6.45) is 1.00. The number of nitrogens with zero attached hydrogens (tertiary/aromatic N) is 2. The molecule has 7 nitrogen and oxygen atoms in total. The van der Waals surface area contributed by atoms with Crippen molar-refractivity contribution in [2.24, 2.45) is 0 Å². The number of hydrogen-bond acceptors (Lipinski definition) is 6. The molecule has 0 fully saturated rings. The predicted octanol–water partition coefficient (Wildman–Crippen LogP) is 2.32. The molecular formula is C16H11N2O5S-. The number of allylic oxidation sites excluding steroid dienone is 1. The molecule has 24 heavy (non-hydrogen) atoms. The number of hydrogen-bond donors (Lipinski definition) is 0. The van der Waals surface area contributed by atoms with Gasteiger partial charge in [-0.2, -0.15) is 5.26 Å². The maximum atomic E-state index is 12.5. The molecule has 0 aliphatic heterocycles. The first-order valence-corrected chi connectivity index (χ1v) is 8.13. The molecule has 8 heteroatoms. The maximum absolute atomic E-state index is 12.5. The summed E-state index contributed by atoms with van der Waals surface area (Å²) in [5.41, 5.74) is 0.250. The van der Waals surface area contributed by atoms with Gasteiger partial charge in [0.2, 0.25) is 9.84 Å². The molecule has 0 spiro atoms. The van der Waals surface area contributed by atoms with Crippen LogP contribution in [0.2, 0.25) is 0 Å². The Labute approximate surface area is 138 Å². The van der Waals surface area contributed by atoms with Crippen LogP contribution in [-0.4, -0.2) is 13.3 Å². The van der Waals surface area contributed by atoms with E-state index >= 15 is 0 Å². The molecule has 0 saturated carbocycles.